The zero-order valence-corrected chi connectivity index (χ0v) is 19.1. The van der Waals surface area contributed by atoms with Crippen LogP contribution in [0.2, 0.25) is 0 Å². The number of hydrogen-bond donors (Lipinski definition) is 2. The lowest BCUT2D eigenvalue weighted by atomic mass is 9.98. The largest absolute Gasteiger partial charge is 0.573 e. The predicted octanol–water partition coefficient (Wildman–Crippen LogP) is 5.49. The van der Waals surface area contributed by atoms with E-state index >= 15 is 0 Å². The zero-order chi connectivity index (χ0) is 24.8. The maximum atomic E-state index is 12.3. The van der Waals surface area contributed by atoms with Crippen LogP contribution in [0.4, 0.5) is 27.9 Å². The number of alkyl carbamates (subject to hydrolysis) is 1. The van der Waals surface area contributed by atoms with E-state index in [-0.39, 0.29) is 24.0 Å². The van der Waals surface area contributed by atoms with Crippen molar-refractivity contribution in [3.05, 3.63) is 54.1 Å². The van der Waals surface area contributed by atoms with Crippen LogP contribution >= 0.6 is 11.3 Å². The number of amides is 2. The number of rotatable bonds is 8. The van der Waals surface area contributed by atoms with Crippen molar-refractivity contribution in [3.8, 4) is 5.75 Å². The van der Waals surface area contributed by atoms with Gasteiger partial charge < -0.3 is 19.5 Å². The molecule has 2 N–H and O–H groups in total. The summed E-state index contributed by atoms with van der Waals surface area (Å²) in [7, 11) is 0. The molecule has 182 valence electrons. The van der Waals surface area contributed by atoms with Crippen LogP contribution in [0.5, 0.6) is 5.75 Å². The van der Waals surface area contributed by atoms with E-state index in [4.69, 9.17) is 9.47 Å². The highest BCUT2D eigenvalue weighted by molar-refractivity contribution is 7.22. The second-order valence-electron chi connectivity index (χ2n) is 7.70. The number of alkyl halides is 3. The number of hydrogen-bond acceptors (Lipinski definition) is 7. The van der Waals surface area contributed by atoms with Crippen molar-refractivity contribution >= 4 is 38.9 Å². The number of halogens is 3. The second kappa shape index (κ2) is 10.6. The van der Waals surface area contributed by atoms with Crippen LogP contribution < -0.4 is 15.4 Å². The van der Waals surface area contributed by atoms with Gasteiger partial charge in [-0.2, -0.15) is 0 Å². The highest BCUT2D eigenvalue weighted by atomic mass is 32.1. The molecule has 2 aromatic carbocycles. The van der Waals surface area contributed by atoms with E-state index in [0.29, 0.717) is 16.6 Å². The number of anilines is 1. The minimum atomic E-state index is -4.80. The summed E-state index contributed by atoms with van der Waals surface area (Å²) in [5, 5.41) is 5.04. The molecule has 3 aromatic rings. The van der Waals surface area contributed by atoms with Crippen LogP contribution in [-0.4, -0.2) is 42.3 Å². The summed E-state index contributed by atoms with van der Waals surface area (Å²) in [5.41, 5.74) is 0.679. The molecule has 0 bridgehead atoms. The fourth-order valence-electron chi connectivity index (χ4n) is 2.99. The molecule has 0 aliphatic carbocycles. The number of carbonyl (C=O) groups excluding carboxylic acids is 2. The SMILES string of the molecule is CC(C)(Cc1ccccc1)OC(=O)NCCOC(=O)Nc1nc2ccc(OC(F)(F)F)cc2s1. The Morgan fingerprint density at radius 2 is 1.79 bits per heavy atom. The van der Waals surface area contributed by atoms with E-state index in [0.717, 1.165) is 23.0 Å². The van der Waals surface area contributed by atoms with Crippen molar-refractivity contribution in [2.45, 2.75) is 32.2 Å². The number of ether oxygens (including phenoxy) is 3. The van der Waals surface area contributed by atoms with E-state index in [1.54, 1.807) is 13.8 Å². The Labute approximate surface area is 197 Å². The first-order valence-corrected chi connectivity index (χ1v) is 10.9. The molecule has 0 aliphatic heterocycles. The molecule has 1 aromatic heterocycles. The van der Waals surface area contributed by atoms with Gasteiger partial charge in [-0.3, -0.25) is 5.32 Å². The lowest BCUT2D eigenvalue weighted by Crippen LogP contribution is -2.37. The molecule has 1 heterocycles. The Morgan fingerprint density at radius 1 is 1.06 bits per heavy atom. The van der Waals surface area contributed by atoms with Crippen molar-refractivity contribution < 1.29 is 37.0 Å². The molecule has 34 heavy (non-hydrogen) atoms. The van der Waals surface area contributed by atoms with Crippen LogP contribution in [0.25, 0.3) is 10.2 Å². The molecular weight excluding hydrogens is 475 g/mol. The molecule has 0 saturated heterocycles. The molecule has 2 amide bonds. The summed E-state index contributed by atoms with van der Waals surface area (Å²) in [5.74, 6) is -0.386. The predicted molar refractivity (Wildman–Crippen MR) is 120 cm³/mol. The minimum absolute atomic E-state index is 0.0195. The minimum Gasteiger partial charge on any atom is -0.447 e. The molecular formula is C22H22F3N3O5S. The topological polar surface area (TPSA) is 98.8 Å². The van der Waals surface area contributed by atoms with Crippen LogP contribution in [-0.2, 0) is 15.9 Å². The summed E-state index contributed by atoms with van der Waals surface area (Å²) in [6.45, 7) is 3.47. The molecule has 0 unspecified atom stereocenters. The Balaban J connectivity index is 1.40. The summed E-state index contributed by atoms with van der Waals surface area (Å²) in [4.78, 5) is 28.1. The van der Waals surface area contributed by atoms with Gasteiger partial charge in [-0.1, -0.05) is 41.7 Å². The normalized spacial score (nSPS) is 11.7. The van der Waals surface area contributed by atoms with Gasteiger partial charge in [0.1, 0.15) is 18.0 Å². The van der Waals surface area contributed by atoms with Crippen LogP contribution in [0.1, 0.15) is 19.4 Å². The Kier molecular flexibility index (Phi) is 7.82. The fourth-order valence-corrected chi connectivity index (χ4v) is 3.87. The zero-order valence-electron chi connectivity index (χ0n) is 18.3. The summed E-state index contributed by atoms with van der Waals surface area (Å²) in [6, 6.07) is 13.2. The summed E-state index contributed by atoms with van der Waals surface area (Å²) >= 11 is 0.957. The average Bonchev–Trinajstić information content (AvgIpc) is 3.11. The van der Waals surface area contributed by atoms with Gasteiger partial charge in [-0.05, 0) is 31.5 Å². The number of nitrogens with one attached hydrogen (secondary N) is 2. The van der Waals surface area contributed by atoms with Crippen molar-refractivity contribution in [1.82, 2.24) is 10.3 Å². The van der Waals surface area contributed by atoms with Gasteiger partial charge in [0, 0.05) is 12.5 Å². The lowest BCUT2D eigenvalue weighted by molar-refractivity contribution is -0.274. The molecule has 0 atom stereocenters. The van der Waals surface area contributed by atoms with Gasteiger partial charge in [-0.25, -0.2) is 14.6 Å². The Hall–Kier alpha value is -3.54. The van der Waals surface area contributed by atoms with Crippen LogP contribution in [0.15, 0.2) is 48.5 Å². The van der Waals surface area contributed by atoms with Crippen molar-refractivity contribution in [2.24, 2.45) is 0 Å². The van der Waals surface area contributed by atoms with Crippen LogP contribution in [0.3, 0.4) is 0 Å². The highest BCUT2D eigenvalue weighted by Gasteiger charge is 2.31. The fraction of sp³-hybridized carbons (Fsp3) is 0.318. The molecule has 0 radical (unpaired) electrons. The third-order valence-corrected chi connectivity index (χ3v) is 5.18. The number of fused-ring (bicyclic) bond motifs is 1. The van der Waals surface area contributed by atoms with E-state index in [9.17, 15) is 22.8 Å². The summed E-state index contributed by atoms with van der Waals surface area (Å²) < 4.78 is 51.7. The first-order chi connectivity index (χ1) is 16.0. The van der Waals surface area contributed by atoms with Crippen LogP contribution in [0, 0.1) is 0 Å². The smallest absolute Gasteiger partial charge is 0.447 e. The number of carbonyl (C=O) groups is 2. The number of thiazole rings is 1. The molecule has 0 spiro atoms. The van der Waals surface area contributed by atoms with Gasteiger partial charge in [0.05, 0.1) is 16.8 Å². The standard InChI is InChI=1S/C22H22F3N3O5S/c1-21(2,13-14-6-4-3-5-7-14)33-19(29)26-10-11-31-20(30)28-18-27-16-9-8-15(12-17(16)34-18)32-22(23,24)25/h3-9,12H,10-11,13H2,1-2H3,(H,26,29)(H,27,28,30). The molecule has 8 nitrogen and oxygen atoms in total. The number of nitrogens with zero attached hydrogens (tertiary/aromatic N) is 1. The van der Waals surface area contributed by atoms with E-state index in [2.05, 4.69) is 20.4 Å². The Bertz CT molecular complexity index is 1140. The molecule has 3 rings (SSSR count). The molecule has 0 aliphatic rings. The third kappa shape index (κ3) is 8.10. The van der Waals surface area contributed by atoms with Crippen molar-refractivity contribution in [3.63, 3.8) is 0 Å². The quantitative estimate of drug-likeness (QED) is 0.399. The van der Waals surface area contributed by atoms with E-state index in [1.165, 1.54) is 12.1 Å². The van der Waals surface area contributed by atoms with Gasteiger partial charge >= 0.3 is 18.5 Å². The summed E-state index contributed by atoms with van der Waals surface area (Å²) in [6.07, 6.45) is -5.74. The Morgan fingerprint density at radius 3 is 2.50 bits per heavy atom. The maximum absolute atomic E-state index is 12.3. The van der Waals surface area contributed by atoms with E-state index in [1.807, 2.05) is 30.3 Å². The number of aromatic nitrogens is 1. The second-order valence-corrected chi connectivity index (χ2v) is 8.73. The molecule has 0 fully saturated rings. The van der Waals surface area contributed by atoms with Gasteiger partial charge in [0.2, 0.25) is 0 Å². The average molecular weight is 497 g/mol. The van der Waals surface area contributed by atoms with Gasteiger partial charge in [0.15, 0.2) is 5.13 Å². The maximum Gasteiger partial charge on any atom is 0.573 e. The van der Waals surface area contributed by atoms with Gasteiger partial charge in [-0.15, -0.1) is 13.2 Å². The molecule has 0 saturated carbocycles. The first-order valence-electron chi connectivity index (χ1n) is 10.1. The monoisotopic (exact) mass is 497 g/mol. The number of benzene rings is 2. The first kappa shape index (κ1) is 25.1. The highest BCUT2D eigenvalue weighted by Crippen LogP contribution is 2.31. The van der Waals surface area contributed by atoms with Crippen molar-refractivity contribution in [1.29, 1.82) is 0 Å². The van der Waals surface area contributed by atoms with Gasteiger partial charge in [0.25, 0.3) is 0 Å². The van der Waals surface area contributed by atoms with Crippen molar-refractivity contribution in [2.75, 3.05) is 18.5 Å². The third-order valence-electron chi connectivity index (χ3n) is 4.25. The molecule has 12 heteroatoms. The lowest BCUT2D eigenvalue weighted by Gasteiger charge is -2.25. The van der Waals surface area contributed by atoms with E-state index < -0.39 is 24.1 Å².